The molecule has 64 heavy (non-hydrogen) atoms. The van der Waals surface area contributed by atoms with E-state index in [4.69, 9.17) is 14.1 Å². The summed E-state index contributed by atoms with van der Waals surface area (Å²) in [7, 11) is -7.66. The van der Waals surface area contributed by atoms with Crippen molar-refractivity contribution in [2.24, 2.45) is 10.9 Å². The van der Waals surface area contributed by atoms with Gasteiger partial charge in [0.1, 0.15) is 11.3 Å². The highest BCUT2D eigenvalue weighted by atomic mass is 32.2. The van der Waals surface area contributed by atoms with E-state index in [1.807, 2.05) is 75.4 Å². The zero-order valence-electron chi connectivity index (χ0n) is 38.3. The lowest BCUT2D eigenvalue weighted by Gasteiger charge is -2.32. The maximum atomic E-state index is 14.7. The zero-order chi connectivity index (χ0) is 45.8. The molecule has 1 fully saturated rings. The van der Waals surface area contributed by atoms with E-state index in [1.54, 1.807) is 28.6 Å². The number of anilines is 2. The molecule has 1 aliphatic carbocycles. The van der Waals surface area contributed by atoms with Crippen LogP contribution in [0.1, 0.15) is 81.5 Å². The SMILES string of the molecule is C=C(C)COC1CCN(S(=O)(=O)c2ccccc2-c2c3cc/c(=N\c4c(C)cc(S(=O)(=O)NCC(CC)CCCC)cc4C)cc-3oc3cc(Nc4c(C)cccc4C)ccc23)CC1. The summed E-state index contributed by atoms with van der Waals surface area (Å²) in [5.41, 5.74) is 9.67. The number of piperidine rings is 1. The van der Waals surface area contributed by atoms with Gasteiger partial charge in [0.15, 0.2) is 0 Å². The van der Waals surface area contributed by atoms with Gasteiger partial charge in [-0.3, -0.25) is 0 Å². The summed E-state index contributed by atoms with van der Waals surface area (Å²) in [4.78, 5) is 5.49. The number of fused-ring (bicyclic) bond motifs is 2. The standard InChI is InChI=1S/C52H62N4O6S2/c1-9-11-17-39(10-2)32-53-63(57,58)43-28-37(7)52(38(8)29-43)55-41-21-23-45-48(31-41)62-47-30-40(54-51-35(5)15-14-16-36(51)6)20-22-44(47)50(45)46-18-12-13-19-49(46)64(59,60)56-26-24-42(25-27-56)61-33-34(3)4/h12-16,18-23,28-31,39,42,53-54H,3,9-11,17,24-27,32-33H2,1-2,4-8H3/b55-41+. The lowest BCUT2D eigenvalue weighted by atomic mass is 9.93. The van der Waals surface area contributed by atoms with Gasteiger partial charge in [0, 0.05) is 65.2 Å². The number of sulfonamides is 2. The van der Waals surface area contributed by atoms with Crippen LogP contribution in [-0.2, 0) is 24.8 Å². The van der Waals surface area contributed by atoms with Crippen molar-refractivity contribution < 1.29 is 26.0 Å². The minimum atomic E-state index is -3.93. The highest BCUT2D eigenvalue weighted by Crippen LogP contribution is 2.44. The molecule has 10 nitrogen and oxygen atoms in total. The fourth-order valence-electron chi connectivity index (χ4n) is 8.64. The van der Waals surface area contributed by atoms with Crippen LogP contribution >= 0.6 is 0 Å². The van der Waals surface area contributed by atoms with E-state index in [0.717, 1.165) is 81.4 Å². The van der Waals surface area contributed by atoms with E-state index in [9.17, 15) is 16.8 Å². The number of hydrogen-bond donors (Lipinski definition) is 2. The average molecular weight is 903 g/mol. The molecule has 0 radical (unpaired) electrons. The molecule has 7 rings (SSSR count). The summed E-state index contributed by atoms with van der Waals surface area (Å²) in [5, 5.41) is 4.95. The first-order chi connectivity index (χ1) is 30.6. The molecule has 1 unspecified atom stereocenters. The normalized spacial score (nSPS) is 15.0. The molecule has 0 saturated carbocycles. The summed E-state index contributed by atoms with van der Waals surface area (Å²) in [6.07, 6.45) is 5.22. The summed E-state index contributed by atoms with van der Waals surface area (Å²) in [6.45, 7) is 19.5. The third-order valence-electron chi connectivity index (χ3n) is 12.3. The van der Waals surface area contributed by atoms with Gasteiger partial charge in [0.05, 0.1) is 33.5 Å². The van der Waals surface area contributed by atoms with Gasteiger partial charge in [0.2, 0.25) is 20.0 Å². The van der Waals surface area contributed by atoms with Crippen LogP contribution < -0.4 is 15.4 Å². The van der Waals surface area contributed by atoms with Crippen molar-refractivity contribution in [2.75, 3.05) is 31.6 Å². The predicted octanol–water partition coefficient (Wildman–Crippen LogP) is 11.7. The molecule has 1 atom stereocenters. The van der Waals surface area contributed by atoms with Gasteiger partial charge >= 0.3 is 0 Å². The maximum absolute atomic E-state index is 14.7. The second kappa shape index (κ2) is 20.0. The Morgan fingerprint density at radius 2 is 1.56 bits per heavy atom. The number of ether oxygens (including phenoxy) is 1. The van der Waals surface area contributed by atoms with E-state index < -0.39 is 20.0 Å². The van der Waals surface area contributed by atoms with Crippen molar-refractivity contribution in [3.05, 3.63) is 131 Å². The van der Waals surface area contributed by atoms with Gasteiger partial charge in [0.25, 0.3) is 0 Å². The molecular weight excluding hydrogens is 841 g/mol. The van der Waals surface area contributed by atoms with Crippen LogP contribution in [-0.4, -0.2) is 53.5 Å². The third kappa shape index (κ3) is 10.4. The Morgan fingerprint density at radius 1 is 0.859 bits per heavy atom. The van der Waals surface area contributed by atoms with E-state index in [1.165, 1.54) is 0 Å². The largest absolute Gasteiger partial charge is 0.456 e. The topological polar surface area (TPSA) is 130 Å². The Morgan fingerprint density at radius 3 is 2.23 bits per heavy atom. The van der Waals surface area contributed by atoms with Crippen molar-refractivity contribution in [2.45, 2.75) is 103 Å². The molecule has 1 saturated heterocycles. The number of aryl methyl sites for hydroxylation is 4. The molecule has 4 aromatic rings. The number of benzene rings is 5. The van der Waals surface area contributed by atoms with Gasteiger partial charge < -0.3 is 14.5 Å². The van der Waals surface area contributed by atoms with Crippen molar-refractivity contribution in [1.29, 1.82) is 0 Å². The number of rotatable bonds is 17. The van der Waals surface area contributed by atoms with Gasteiger partial charge in [-0.2, -0.15) is 4.31 Å². The minimum absolute atomic E-state index is 0.0257. The smallest absolute Gasteiger partial charge is 0.243 e. The molecule has 12 heteroatoms. The maximum Gasteiger partial charge on any atom is 0.243 e. The fourth-order valence-corrected chi connectivity index (χ4v) is 11.6. The zero-order valence-corrected chi connectivity index (χ0v) is 39.9. The summed E-state index contributed by atoms with van der Waals surface area (Å²) >= 11 is 0. The molecule has 0 amide bonds. The second-order valence-corrected chi connectivity index (χ2v) is 21.1. The van der Waals surface area contributed by atoms with Crippen molar-refractivity contribution in [1.82, 2.24) is 9.03 Å². The minimum Gasteiger partial charge on any atom is -0.456 e. The molecule has 338 valence electrons. The quantitative estimate of drug-likeness (QED) is 0.0688. The highest BCUT2D eigenvalue weighted by Gasteiger charge is 2.33. The number of nitrogens with one attached hydrogen (secondary N) is 2. The lowest BCUT2D eigenvalue weighted by Crippen LogP contribution is -2.41. The molecule has 3 aliphatic rings. The fraction of sp³-hybridized carbons (Fsp3) is 0.365. The van der Waals surface area contributed by atoms with Gasteiger partial charge in [-0.05, 0) is 125 Å². The van der Waals surface area contributed by atoms with Crippen molar-refractivity contribution >= 4 is 48.1 Å². The van der Waals surface area contributed by atoms with E-state index in [-0.39, 0.29) is 21.8 Å². The van der Waals surface area contributed by atoms with Crippen LogP contribution in [0.25, 0.3) is 33.4 Å². The molecule has 0 bridgehead atoms. The van der Waals surface area contributed by atoms with Crippen molar-refractivity contribution in [3.8, 4) is 22.5 Å². The van der Waals surface area contributed by atoms with Crippen LogP contribution in [0, 0.1) is 33.6 Å². The van der Waals surface area contributed by atoms with Crippen LogP contribution in [0.3, 0.4) is 0 Å². The van der Waals surface area contributed by atoms with E-state index >= 15 is 0 Å². The molecule has 0 aromatic heterocycles. The molecular formula is C52H62N4O6S2. The van der Waals surface area contributed by atoms with Crippen LogP contribution in [0.15, 0.2) is 122 Å². The summed E-state index contributed by atoms with van der Waals surface area (Å²) in [5.74, 6) is 0.804. The summed E-state index contributed by atoms with van der Waals surface area (Å²) in [6, 6.07) is 28.3. The van der Waals surface area contributed by atoms with E-state index in [2.05, 4.69) is 56.4 Å². The Kier molecular flexibility index (Phi) is 14.6. The van der Waals surface area contributed by atoms with E-state index in [0.29, 0.717) is 67.0 Å². The molecule has 2 N–H and O–H groups in total. The predicted molar refractivity (Wildman–Crippen MR) is 260 cm³/mol. The Labute approximate surface area is 379 Å². The van der Waals surface area contributed by atoms with Crippen LogP contribution in [0.5, 0.6) is 0 Å². The highest BCUT2D eigenvalue weighted by molar-refractivity contribution is 7.89. The Hall–Kier alpha value is -5.11. The second-order valence-electron chi connectivity index (χ2n) is 17.4. The van der Waals surface area contributed by atoms with Crippen LogP contribution in [0.4, 0.5) is 17.1 Å². The monoisotopic (exact) mass is 902 g/mol. The third-order valence-corrected chi connectivity index (χ3v) is 15.7. The Balaban J connectivity index is 1.32. The first-order valence-corrected chi connectivity index (χ1v) is 25.4. The molecule has 4 aromatic carbocycles. The number of para-hydroxylation sites is 1. The van der Waals surface area contributed by atoms with Crippen molar-refractivity contribution in [3.63, 3.8) is 0 Å². The first kappa shape index (κ1) is 46.9. The number of nitrogens with zero attached hydrogens (tertiary/aromatic N) is 2. The number of unbranched alkanes of at least 4 members (excludes halogenated alkanes) is 1. The van der Waals surface area contributed by atoms with Gasteiger partial charge in [-0.1, -0.05) is 81.7 Å². The Bertz CT molecular complexity index is 2890. The average Bonchev–Trinajstić information content (AvgIpc) is 3.27. The molecule has 2 aliphatic heterocycles. The van der Waals surface area contributed by atoms with Crippen LogP contribution in [0.2, 0.25) is 0 Å². The summed E-state index contributed by atoms with van der Waals surface area (Å²) < 4.78 is 73.5. The van der Waals surface area contributed by atoms with Gasteiger partial charge in [-0.25, -0.2) is 26.6 Å². The molecule has 0 spiro atoms. The first-order valence-electron chi connectivity index (χ1n) is 22.4. The number of hydrogen-bond acceptors (Lipinski definition) is 8. The van der Waals surface area contributed by atoms with Gasteiger partial charge in [-0.15, -0.1) is 0 Å². The lowest BCUT2D eigenvalue weighted by molar-refractivity contribution is 0.0346. The molecule has 2 heterocycles.